The molecule has 0 aromatic heterocycles. The molecule has 7 heteroatoms. The number of nitrogens with zero attached hydrogens (tertiary/aromatic N) is 2. The van der Waals surface area contributed by atoms with Gasteiger partial charge in [-0.1, -0.05) is 35.9 Å². The van der Waals surface area contributed by atoms with Crippen molar-refractivity contribution in [3.05, 3.63) is 95.1 Å². The predicted octanol–water partition coefficient (Wildman–Crippen LogP) is 5.44. The first-order valence-corrected chi connectivity index (χ1v) is 12.5. The molecule has 174 valence electrons. The Hall–Kier alpha value is -2.77. The minimum atomic E-state index is -3.87. The van der Waals surface area contributed by atoms with Crippen LogP contribution in [0.25, 0.3) is 0 Å². The summed E-state index contributed by atoms with van der Waals surface area (Å²) >= 11 is 0. The van der Waals surface area contributed by atoms with Crippen molar-refractivity contribution in [2.75, 3.05) is 17.4 Å². The van der Waals surface area contributed by atoms with Gasteiger partial charge in [0.05, 0.1) is 10.6 Å². The van der Waals surface area contributed by atoms with E-state index in [1.165, 1.54) is 22.5 Å². The second-order valence-electron chi connectivity index (χ2n) is 8.68. The number of benzene rings is 3. The van der Waals surface area contributed by atoms with E-state index in [0.29, 0.717) is 43.7 Å². The van der Waals surface area contributed by atoms with Crippen LogP contribution in [-0.2, 0) is 16.6 Å². The van der Waals surface area contributed by atoms with E-state index in [4.69, 9.17) is 0 Å². The molecule has 1 saturated heterocycles. The molecule has 4 rings (SSSR count). The van der Waals surface area contributed by atoms with E-state index in [1.807, 2.05) is 6.92 Å². The number of hydrogen-bond donors (Lipinski definition) is 0. The lowest BCUT2D eigenvalue weighted by atomic mass is 10.0. The monoisotopic (exact) mass is 470 g/mol. The summed E-state index contributed by atoms with van der Waals surface area (Å²) in [6, 6.07) is 17.5. The van der Waals surface area contributed by atoms with Gasteiger partial charge in [0.25, 0.3) is 10.0 Å². The molecule has 33 heavy (non-hydrogen) atoms. The second-order valence-corrected chi connectivity index (χ2v) is 10.5. The maximum absolute atomic E-state index is 14.4. The maximum Gasteiger partial charge on any atom is 0.264 e. The average molecular weight is 471 g/mol. The summed E-state index contributed by atoms with van der Waals surface area (Å²) in [6.07, 6.45) is 1.23. The van der Waals surface area contributed by atoms with Gasteiger partial charge < -0.3 is 0 Å². The molecule has 0 spiro atoms. The Morgan fingerprint density at radius 3 is 2.15 bits per heavy atom. The Morgan fingerprint density at radius 1 is 0.909 bits per heavy atom. The van der Waals surface area contributed by atoms with Gasteiger partial charge in [-0.3, -0.25) is 9.21 Å². The Bertz CT molecular complexity index is 1200. The highest BCUT2D eigenvalue weighted by Gasteiger charge is 2.34. The Morgan fingerprint density at radius 2 is 1.55 bits per heavy atom. The van der Waals surface area contributed by atoms with Crippen LogP contribution in [0.1, 0.15) is 29.5 Å². The van der Waals surface area contributed by atoms with Crippen molar-refractivity contribution in [2.24, 2.45) is 0 Å². The molecule has 3 aromatic rings. The van der Waals surface area contributed by atoms with Gasteiger partial charge in [0, 0.05) is 25.7 Å². The van der Waals surface area contributed by atoms with Gasteiger partial charge in [0.1, 0.15) is 11.6 Å². The Balaban J connectivity index is 1.59. The van der Waals surface area contributed by atoms with Crippen LogP contribution >= 0.6 is 0 Å². The van der Waals surface area contributed by atoms with Crippen LogP contribution in [0.2, 0.25) is 0 Å². The molecule has 1 heterocycles. The molecule has 3 aromatic carbocycles. The van der Waals surface area contributed by atoms with Gasteiger partial charge in [-0.25, -0.2) is 17.2 Å². The molecule has 0 amide bonds. The van der Waals surface area contributed by atoms with Crippen molar-refractivity contribution in [1.29, 1.82) is 0 Å². The Kier molecular flexibility index (Phi) is 6.81. The van der Waals surface area contributed by atoms with Crippen LogP contribution in [0.5, 0.6) is 0 Å². The van der Waals surface area contributed by atoms with Crippen molar-refractivity contribution >= 4 is 15.7 Å². The zero-order valence-electron chi connectivity index (χ0n) is 18.8. The average Bonchev–Trinajstić information content (AvgIpc) is 2.79. The van der Waals surface area contributed by atoms with Gasteiger partial charge >= 0.3 is 0 Å². The first kappa shape index (κ1) is 23.4. The number of sulfonamides is 1. The van der Waals surface area contributed by atoms with Gasteiger partial charge in [0.2, 0.25) is 0 Å². The van der Waals surface area contributed by atoms with Crippen LogP contribution in [0.4, 0.5) is 14.5 Å². The van der Waals surface area contributed by atoms with Crippen molar-refractivity contribution < 1.29 is 17.2 Å². The quantitative estimate of drug-likeness (QED) is 0.482. The highest BCUT2D eigenvalue weighted by molar-refractivity contribution is 7.92. The molecule has 1 aliphatic heterocycles. The number of piperidine rings is 1. The third kappa shape index (κ3) is 5.25. The summed E-state index contributed by atoms with van der Waals surface area (Å²) in [4.78, 5) is 2.43. The fraction of sp³-hybridized carbons (Fsp3) is 0.308. The van der Waals surface area contributed by atoms with E-state index in [1.54, 1.807) is 55.5 Å². The van der Waals surface area contributed by atoms with Crippen molar-refractivity contribution in [3.63, 3.8) is 0 Å². The smallest absolute Gasteiger partial charge is 0.264 e. The van der Waals surface area contributed by atoms with E-state index in [0.717, 1.165) is 11.1 Å². The molecule has 0 bridgehead atoms. The summed E-state index contributed by atoms with van der Waals surface area (Å²) in [5.41, 5.74) is 2.80. The van der Waals surface area contributed by atoms with E-state index in [-0.39, 0.29) is 16.8 Å². The molecule has 0 saturated carbocycles. The molecule has 0 N–H and O–H groups in total. The second kappa shape index (κ2) is 9.61. The van der Waals surface area contributed by atoms with Crippen LogP contribution in [0, 0.1) is 25.5 Å². The molecule has 0 unspecified atom stereocenters. The van der Waals surface area contributed by atoms with Crippen LogP contribution in [0.15, 0.2) is 71.6 Å². The molecule has 1 aliphatic rings. The number of anilines is 1. The number of halogens is 2. The summed E-state index contributed by atoms with van der Waals surface area (Å²) < 4.78 is 56.4. The van der Waals surface area contributed by atoms with Crippen LogP contribution < -0.4 is 4.31 Å². The fourth-order valence-corrected chi connectivity index (χ4v) is 5.95. The van der Waals surface area contributed by atoms with E-state index in [2.05, 4.69) is 4.90 Å². The SMILES string of the molecule is Cc1ccc(S(=O)(=O)N(c2ccc(C)c(F)c2)C2CCN(Cc3ccc(F)cc3)CC2)cc1. The van der Waals surface area contributed by atoms with Gasteiger partial charge in [0.15, 0.2) is 0 Å². The summed E-state index contributed by atoms with van der Waals surface area (Å²) in [5, 5.41) is 0. The largest absolute Gasteiger partial charge is 0.299 e. The third-order valence-corrected chi connectivity index (χ3v) is 8.09. The molecule has 0 aliphatic carbocycles. The minimum absolute atomic E-state index is 0.197. The maximum atomic E-state index is 14.4. The number of rotatable bonds is 6. The first-order chi connectivity index (χ1) is 15.7. The highest BCUT2D eigenvalue weighted by Crippen LogP contribution is 2.32. The zero-order chi connectivity index (χ0) is 23.6. The molecule has 0 radical (unpaired) electrons. The molecule has 1 fully saturated rings. The number of likely N-dealkylation sites (tertiary alicyclic amines) is 1. The lowest BCUT2D eigenvalue weighted by Gasteiger charge is -2.39. The zero-order valence-corrected chi connectivity index (χ0v) is 19.7. The van der Waals surface area contributed by atoms with Crippen LogP contribution in [0.3, 0.4) is 0 Å². The molecular formula is C26H28F2N2O2S. The Labute approximate surface area is 194 Å². The van der Waals surface area contributed by atoms with Crippen molar-refractivity contribution in [2.45, 2.75) is 44.2 Å². The molecule has 0 atom stereocenters. The minimum Gasteiger partial charge on any atom is -0.299 e. The lowest BCUT2D eigenvalue weighted by Crippen LogP contribution is -2.47. The highest BCUT2D eigenvalue weighted by atomic mass is 32.2. The van der Waals surface area contributed by atoms with Crippen molar-refractivity contribution in [1.82, 2.24) is 4.90 Å². The standard InChI is InChI=1S/C26H28F2N2O2S/c1-19-3-11-25(12-4-19)33(31,32)30(24-10-5-20(2)26(28)17-24)23-13-15-29(16-14-23)18-21-6-8-22(27)9-7-21/h3-12,17,23H,13-16,18H2,1-2H3. The fourth-order valence-electron chi connectivity index (χ4n) is 4.25. The number of aryl methyl sites for hydroxylation is 2. The topological polar surface area (TPSA) is 40.6 Å². The van der Waals surface area contributed by atoms with E-state index >= 15 is 0 Å². The third-order valence-electron chi connectivity index (χ3n) is 6.20. The predicted molar refractivity (Wildman–Crippen MR) is 127 cm³/mol. The normalized spacial score (nSPS) is 15.5. The number of hydrogen-bond acceptors (Lipinski definition) is 3. The summed E-state index contributed by atoms with van der Waals surface area (Å²) in [7, 11) is -3.87. The van der Waals surface area contributed by atoms with Gasteiger partial charge in [-0.05, 0) is 74.2 Å². The van der Waals surface area contributed by atoms with Crippen molar-refractivity contribution in [3.8, 4) is 0 Å². The summed E-state index contributed by atoms with van der Waals surface area (Å²) in [6.45, 7) is 5.62. The summed E-state index contributed by atoms with van der Waals surface area (Å²) in [5.74, 6) is -0.690. The lowest BCUT2D eigenvalue weighted by molar-refractivity contribution is 0.206. The first-order valence-electron chi connectivity index (χ1n) is 11.1. The van der Waals surface area contributed by atoms with E-state index < -0.39 is 15.8 Å². The molecular weight excluding hydrogens is 442 g/mol. The van der Waals surface area contributed by atoms with Crippen LogP contribution in [-0.4, -0.2) is 32.4 Å². The molecule has 4 nitrogen and oxygen atoms in total. The van der Waals surface area contributed by atoms with Gasteiger partial charge in [-0.2, -0.15) is 0 Å². The van der Waals surface area contributed by atoms with Gasteiger partial charge in [-0.15, -0.1) is 0 Å². The van der Waals surface area contributed by atoms with E-state index in [9.17, 15) is 17.2 Å².